The van der Waals surface area contributed by atoms with Gasteiger partial charge in [-0.2, -0.15) is 0 Å². The Balaban J connectivity index is 2.60. The highest BCUT2D eigenvalue weighted by Gasteiger charge is 2.32. The van der Waals surface area contributed by atoms with Crippen molar-refractivity contribution in [2.24, 2.45) is 11.3 Å². The summed E-state index contributed by atoms with van der Waals surface area (Å²) in [7, 11) is 0. The van der Waals surface area contributed by atoms with Crippen molar-refractivity contribution >= 4 is 6.29 Å². The van der Waals surface area contributed by atoms with E-state index in [1.54, 1.807) is 0 Å². The Morgan fingerprint density at radius 3 is 2.22 bits per heavy atom. The van der Waals surface area contributed by atoms with Crippen LogP contribution in [0.25, 0.3) is 0 Å². The lowest BCUT2D eigenvalue weighted by Crippen LogP contribution is -2.40. The van der Waals surface area contributed by atoms with E-state index in [1.807, 2.05) is 0 Å². The molecular formula is C16H31NO. The van der Waals surface area contributed by atoms with Gasteiger partial charge in [-0.05, 0) is 25.3 Å². The number of carbonyl (C=O) groups excluding carboxylic acids is 1. The van der Waals surface area contributed by atoms with Crippen LogP contribution in [0.5, 0.6) is 0 Å². The highest BCUT2D eigenvalue weighted by Crippen LogP contribution is 2.34. The zero-order valence-corrected chi connectivity index (χ0v) is 12.6. The minimum absolute atomic E-state index is 0.0417. The third-order valence-electron chi connectivity index (χ3n) is 4.60. The number of hydrogen-bond donors (Lipinski definition) is 0. The average molecular weight is 253 g/mol. The molecule has 0 aromatic carbocycles. The fourth-order valence-corrected chi connectivity index (χ4v) is 3.07. The van der Waals surface area contributed by atoms with E-state index in [-0.39, 0.29) is 5.41 Å². The van der Waals surface area contributed by atoms with Gasteiger partial charge in [-0.1, -0.05) is 52.9 Å². The van der Waals surface area contributed by atoms with Crippen molar-refractivity contribution in [1.82, 2.24) is 4.90 Å². The molecule has 0 amide bonds. The molecule has 2 heteroatoms. The summed E-state index contributed by atoms with van der Waals surface area (Å²) in [5.41, 5.74) is -0.0417. The van der Waals surface area contributed by atoms with Crippen LogP contribution in [0.4, 0.5) is 0 Å². The number of carbonyl (C=O) groups is 1. The fraction of sp³-hybridized carbons (Fsp3) is 0.938. The van der Waals surface area contributed by atoms with Crippen molar-refractivity contribution in [1.29, 1.82) is 0 Å². The van der Waals surface area contributed by atoms with E-state index in [2.05, 4.69) is 25.7 Å². The van der Waals surface area contributed by atoms with Gasteiger partial charge in [0.15, 0.2) is 0 Å². The van der Waals surface area contributed by atoms with Gasteiger partial charge in [0, 0.05) is 18.5 Å². The summed E-state index contributed by atoms with van der Waals surface area (Å²) >= 11 is 0. The highest BCUT2D eigenvalue weighted by atomic mass is 16.1. The average Bonchev–Trinajstić information content (AvgIpc) is 2.64. The number of hydrogen-bond acceptors (Lipinski definition) is 2. The maximum Gasteiger partial charge on any atom is 0.127 e. The van der Waals surface area contributed by atoms with Crippen molar-refractivity contribution in [3.63, 3.8) is 0 Å². The van der Waals surface area contributed by atoms with E-state index < -0.39 is 0 Å². The van der Waals surface area contributed by atoms with Crippen LogP contribution < -0.4 is 0 Å². The molecule has 1 aliphatic carbocycles. The molecule has 0 spiro atoms. The van der Waals surface area contributed by atoms with Gasteiger partial charge in [-0.25, -0.2) is 0 Å². The lowest BCUT2D eigenvalue weighted by atomic mass is 9.81. The molecule has 0 heterocycles. The van der Waals surface area contributed by atoms with Crippen LogP contribution in [0.15, 0.2) is 0 Å². The third kappa shape index (κ3) is 4.72. The van der Waals surface area contributed by atoms with Crippen molar-refractivity contribution in [2.45, 2.75) is 65.7 Å². The Hall–Kier alpha value is -0.370. The number of rotatable bonds is 7. The van der Waals surface area contributed by atoms with Crippen molar-refractivity contribution in [2.75, 3.05) is 19.6 Å². The van der Waals surface area contributed by atoms with Gasteiger partial charge in [0.1, 0.15) is 6.29 Å². The summed E-state index contributed by atoms with van der Waals surface area (Å²) < 4.78 is 0. The molecule has 0 radical (unpaired) electrons. The van der Waals surface area contributed by atoms with Gasteiger partial charge in [0.2, 0.25) is 0 Å². The molecular weight excluding hydrogens is 222 g/mol. The molecule has 0 saturated heterocycles. The van der Waals surface area contributed by atoms with Gasteiger partial charge in [0.25, 0.3) is 0 Å². The minimum Gasteiger partial charge on any atom is -0.303 e. The predicted molar refractivity (Wildman–Crippen MR) is 77.8 cm³/mol. The monoisotopic (exact) mass is 253 g/mol. The van der Waals surface area contributed by atoms with Gasteiger partial charge >= 0.3 is 0 Å². The number of nitrogens with zero attached hydrogens (tertiary/aromatic N) is 1. The molecule has 18 heavy (non-hydrogen) atoms. The molecule has 0 aromatic rings. The second kappa shape index (κ2) is 7.93. The summed E-state index contributed by atoms with van der Waals surface area (Å²) in [5, 5.41) is 0. The SMILES string of the molecule is CCC(C)CN(CC)CC1(C=O)CCCCCC1. The summed E-state index contributed by atoms with van der Waals surface area (Å²) in [6.45, 7) is 9.97. The molecule has 0 bridgehead atoms. The van der Waals surface area contributed by atoms with E-state index >= 15 is 0 Å². The summed E-state index contributed by atoms with van der Waals surface area (Å²) in [6.07, 6.45) is 9.81. The molecule has 1 aliphatic rings. The lowest BCUT2D eigenvalue weighted by molar-refractivity contribution is -0.118. The molecule has 0 aliphatic heterocycles. The molecule has 1 saturated carbocycles. The van der Waals surface area contributed by atoms with E-state index in [4.69, 9.17) is 0 Å². The lowest BCUT2D eigenvalue weighted by Gasteiger charge is -2.34. The first-order valence-corrected chi connectivity index (χ1v) is 7.84. The smallest absolute Gasteiger partial charge is 0.127 e. The zero-order chi connectivity index (χ0) is 13.4. The largest absolute Gasteiger partial charge is 0.303 e. The van der Waals surface area contributed by atoms with Crippen LogP contribution in [0.2, 0.25) is 0 Å². The number of aldehydes is 1. The van der Waals surface area contributed by atoms with E-state index in [0.29, 0.717) is 0 Å². The van der Waals surface area contributed by atoms with Crippen LogP contribution in [-0.2, 0) is 4.79 Å². The normalized spacial score (nSPS) is 21.6. The maximum absolute atomic E-state index is 11.6. The Morgan fingerprint density at radius 1 is 1.17 bits per heavy atom. The first-order chi connectivity index (χ1) is 8.65. The first kappa shape index (κ1) is 15.7. The molecule has 1 fully saturated rings. The van der Waals surface area contributed by atoms with Gasteiger partial charge in [-0.15, -0.1) is 0 Å². The summed E-state index contributed by atoms with van der Waals surface area (Å²) in [5.74, 6) is 0.736. The third-order valence-corrected chi connectivity index (χ3v) is 4.60. The van der Waals surface area contributed by atoms with Gasteiger partial charge in [0.05, 0.1) is 0 Å². The molecule has 1 atom stereocenters. The molecule has 2 nitrogen and oxygen atoms in total. The fourth-order valence-electron chi connectivity index (χ4n) is 3.07. The van der Waals surface area contributed by atoms with Crippen LogP contribution in [-0.4, -0.2) is 30.8 Å². The van der Waals surface area contributed by atoms with Crippen LogP contribution in [0, 0.1) is 11.3 Å². The Kier molecular flexibility index (Phi) is 6.91. The molecule has 0 N–H and O–H groups in total. The van der Waals surface area contributed by atoms with Crippen molar-refractivity contribution in [3.8, 4) is 0 Å². The van der Waals surface area contributed by atoms with Crippen LogP contribution >= 0.6 is 0 Å². The Bertz CT molecular complexity index is 231. The van der Waals surface area contributed by atoms with Crippen molar-refractivity contribution in [3.05, 3.63) is 0 Å². The molecule has 1 unspecified atom stereocenters. The minimum atomic E-state index is -0.0417. The van der Waals surface area contributed by atoms with Crippen LogP contribution in [0.3, 0.4) is 0 Å². The Labute approximate surface area is 113 Å². The van der Waals surface area contributed by atoms with Crippen LogP contribution in [0.1, 0.15) is 65.7 Å². The second-order valence-electron chi connectivity index (χ2n) is 6.24. The van der Waals surface area contributed by atoms with Crippen molar-refractivity contribution < 1.29 is 4.79 Å². The Morgan fingerprint density at radius 2 is 1.78 bits per heavy atom. The van der Waals surface area contributed by atoms with E-state index in [0.717, 1.165) is 38.4 Å². The first-order valence-electron chi connectivity index (χ1n) is 7.84. The topological polar surface area (TPSA) is 20.3 Å². The van der Waals surface area contributed by atoms with E-state index in [1.165, 1.54) is 38.4 Å². The summed E-state index contributed by atoms with van der Waals surface area (Å²) in [4.78, 5) is 14.1. The highest BCUT2D eigenvalue weighted by molar-refractivity contribution is 5.59. The summed E-state index contributed by atoms with van der Waals surface area (Å²) in [6, 6.07) is 0. The maximum atomic E-state index is 11.6. The quantitative estimate of drug-likeness (QED) is 0.507. The molecule has 0 aromatic heterocycles. The van der Waals surface area contributed by atoms with E-state index in [9.17, 15) is 4.79 Å². The van der Waals surface area contributed by atoms with Gasteiger partial charge < -0.3 is 9.69 Å². The van der Waals surface area contributed by atoms with Gasteiger partial charge in [-0.3, -0.25) is 0 Å². The standard InChI is InChI=1S/C16H31NO/c1-4-15(3)12-17(5-2)13-16(14-18)10-8-6-7-9-11-16/h14-15H,4-13H2,1-3H3. The molecule has 1 rings (SSSR count). The predicted octanol–water partition coefficient (Wildman–Crippen LogP) is 3.89. The zero-order valence-electron chi connectivity index (χ0n) is 12.6. The second-order valence-corrected chi connectivity index (χ2v) is 6.24. The molecule has 106 valence electrons.